The van der Waals surface area contributed by atoms with Crippen LogP contribution in [0.2, 0.25) is 0 Å². The lowest BCUT2D eigenvalue weighted by molar-refractivity contribution is -0.0808. The molecular formula is C15H22N4O2. The third-order valence-electron chi connectivity index (χ3n) is 3.69. The maximum absolute atomic E-state index is 8.78. The summed E-state index contributed by atoms with van der Waals surface area (Å²) in [6.45, 7) is 2.81. The molecule has 0 spiro atoms. The van der Waals surface area contributed by atoms with Gasteiger partial charge in [0.2, 0.25) is 0 Å². The standard InChI is InChI=1S/C15H22N4O2/c1-20-12-21-15-8-5-9-19(11-14(15)17-18-16)10-13-6-3-2-4-7-13/h2-4,6-7,14-15H,5,8-12H2,1H3/t14-,15+/m1/s1. The summed E-state index contributed by atoms with van der Waals surface area (Å²) in [6, 6.07) is 10.2. The van der Waals surface area contributed by atoms with Crippen molar-refractivity contribution in [2.75, 3.05) is 27.0 Å². The summed E-state index contributed by atoms with van der Waals surface area (Å²) in [6.07, 6.45) is 1.85. The van der Waals surface area contributed by atoms with Crippen molar-refractivity contribution in [1.82, 2.24) is 4.90 Å². The maximum Gasteiger partial charge on any atom is 0.146 e. The van der Waals surface area contributed by atoms with E-state index in [9.17, 15) is 0 Å². The number of hydrogen-bond acceptors (Lipinski definition) is 4. The van der Waals surface area contributed by atoms with E-state index in [2.05, 4.69) is 27.1 Å². The molecule has 6 heteroatoms. The Hall–Kier alpha value is -1.59. The highest BCUT2D eigenvalue weighted by molar-refractivity contribution is 5.14. The molecule has 0 amide bonds. The van der Waals surface area contributed by atoms with Crippen LogP contribution in [-0.2, 0) is 16.0 Å². The summed E-state index contributed by atoms with van der Waals surface area (Å²) >= 11 is 0. The second-order valence-corrected chi connectivity index (χ2v) is 5.25. The molecule has 6 nitrogen and oxygen atoms in total. The number of nitrogens with zero attached hydrogens (tertiary/aromatic N) is 4. The highest BCUT2D eigenvalue weighted by Crippen LogP contribution is 2.19. The predicted molar refractivity (Wildman–Crippen MR) is 80.6 cm³/mol. The van der Waals surface area contributed by atoms with Gasteiger partial charge in [0.05, 0.1) is 12.1 Å². The smallest absolute Gasteiger partial charge is 0.146 e. The van der Waals surface area contributed by atoms with Crippen LogP contribution < -0.4 is 0 Å². The molecule has 1 aliphatic rings. The zero-order valence-electron chi connectivity index (χ0n) is 12.4. The molecule has 0 saturated carbocycles. The molecule has 1 fully saturated rings. The molecule has 0 N–H and O–H groups in total. The van der Waals surface area contributed by atoms with Gasteiger partial charge in [-0.25, -0.2) is 0 Å². The number of benzene rings is 1. The number of rotatable bonds is 6. The highest BCUT2D eigenvalue weighted by atomic mass is 16.7. The monoisotopic (exact) mass is 290 g/mol. The molecule has 0 radical (unpaired) electrons. The van der Waals surface area contributed by atoms with Gasteiger partial charge >= 0.3 is 0 Å². The van der Waals surface area contributed by atoms with Crippen molar-refractivity contribution in [3.05, 3.63) is 46.3 Å². The average molecular weight is 290 g/mol. The molecule has 114 valence electrons. The van der Waals surface area contributed by atoms with Crippen molar-refractivity contribution in [1.29, 1.82) is 0 Å². The lowest BCUT2D eigenvalue weighted by Crippen LogP contribution is -2.36. The number of azide groups is 1. The van der Waals surface area contributed by atoms with Gasteiger partial charge in [0.25, 0.3) is 0 Å². The molecule has 0 unspecified atom stereocenters. The van der Waals surface area contributed by atoms with Crippen LogP contribution in [0.3, 0.4) is 0 Å². The molecule has 2 rings (SSSR count). The summed E-state index contributed by atoms with van der Waals surface area (Å²) in [4.78, 5) is 5.30. The third-order valence-corrected chi connectivity index (χ3v) is 3.69. The van der Waals surface area contributed by atoms with Crippen molar-refractivity contribution >= 4 is 0 Å². The van der Waals surface area contributed by atoms with E-state index in [4.69, 9.17) is 15.0 Å². The number of hydrogen-bond donors (Lipinski definition) is 0. The first kappa shape index (κ1) is 15.8. The van der Waals surface area contributed by atoms with Gasteiger partial charge in [0.15, 0.2) is 0 Å². The van der Waals surface area contributed by atoms with Gasteiger partial charge in [0, 0.05) is 25.1 Å². The van der Waals surface area contributed by atoms with Crippen LogP contribution in [0.1, 0.15) is 18.4 Å². The first-order valence-corrected chi connectivity index (χ1v) is 7.24. The Morgan fingerprint density at radius 3 is 2.90 bits per heavy atom. The third kappa shape index (κ3) is 5.02. The summed E-state index contributed by atoms with van der Waals surface area (Å²) < 4.78 is 10.6. The quantitative estimate of drug-likeness (QED) is 0.350. The van der Waals surface area contributed by atoms with E-state index in [0.29, 0.717) is 6.54 Å². The molecule has 0 bridgehead atoms. The summed E-state index contributed by atoms with van der Waals surface area (Å²) in [5.74, 6) is 0. The zero-order valence-corrected chi connectivity index (χ0v) is 12.4. The fourth-order valence-corrected chi connectivity index (χ4v) is 2.69. The van der Waals surface area contributed by atoms with Gasteiger partial charge in [-0.2, -0.15) is 0 Å². The number of likely N-dealkylation sites (tertiary alicyclic amines) is 1. The normalized spacial score (nSPS) is 23.3. The molecule has 0 aromatic heterocycles. The Kier molecular flexibility index (Phi) is 6.50. The second-order valence-electron chi connectivity index (χ2n) is 5.25. The summed E-state index contributed by atoms with van der Waals surface area (Å²) in [7, 11) is 1.60. The van der Waals surface area contributed by atoms with Gasteiger partial charge < -0.3 is 9.47 Å². The lowest BCUT2D eigenvalue weighted by atomic mass is 10.1. The van der Waals surface area contributed by atoms with E-state index >= 15 is 0 Å². The van der Waals surface area contributed by atoms with Gasteiger partial charge in [-0.3, -0.25) is 4.90 Å². The Labute approximate surface area is 125 Å². The van der Waals surface area contributed by atoms with Crippen LogP contribution >= 0.6 is 0 Å². The highest BCUT2D eigenvalue weighted by Gasteiger charge is 2.27. The SMILES string of the molecule is COCO[C@H]1CCCN(Cc2ccccc2)C[C@H]1N=[N+]=[N-]. The number of ether oxygens (including phenoxy) is 2. The Balaban J connectivity index is 2.00. The fraction of sp³-hybridized carbons (Fsp3) is 0.600. The zero-order chi connectivity index (χ0) is 14.9. The molecule has 0 aliphatic carbocycles. The largest absolute Gasteiger partial charge is 0.359 e. The van der Waals surface area contributed by atoms with E-state index in [1.807, 2.05) is 18.2 Å². The average Bonchev–Trinajstić information content (AvgIpc) is 2.69. The van der Waals surface area contributed by atoms with E-state index in [-0.39, 0.29) is 18.9 Å². The topological polar surface area (TPSA) is 70.5 Å². The van der Waals surface area contributed by atoms with Crippen LogP contribution in [0, 0.1) is 0 Å². The minimum absolute atomic E-state index is 0.0679. The van der Waals surface area contributed by atoms with E-state index in [1.54, 1.807) is 7.11 Å². The molecule has 21 heavy (non-hydrogen) atoms. The Morgan fingerprint density at radius 2 is 2.19 bits per heavy atom. The molecule has 1 saturated heterocycles. The van der Waals surface area contributed by atoms with Crippen LogP contribution in [0.25, 0.3) is 10.4 Å². The summed E-state index contributed by atoms with van der Waals surface area (Å²) in [5.41, 5.74) is 10.1. The molecule has 2 atom stereocenters. The van der Waals surface area contributed by atoms with E-state index in [1.165, 1.54) is 5.56 Å². The lowest BCUT2D eigenvalue weighted by Gasteiger charge is -2.25. The first-order valence-electron chi connectivity index (χ1n) is 7.24. The van der Waals surface area contributed by atoms with Crippen molar-refractivity contribution in [2.45, 2.75) is 31.5 Å². The van der Waals surface area contributed by atoms with Crippen molar-refractivity contribution in [3.8, 4) is 0 Å². The Bertz CT molecular complexity index is 462. The van der Waals surface area contributed by atoms with Crippen LogP contribution in [0.5, 0.6) is 0 Å². The molecule has 1 aromatic carbocycles. The van der Waals surface area contributed by atoms with Gasteiger partial charge in [0.1, 0.15) is 6.79 Å². The fourth-order valence-electron chi connectivity index (χ4n) is 2.69. The van der Waals surface area contributed by atoms with E-state index < -0.39 is 0 Å². The van der Waals surface area contributed by atoms with Gasteiger partial charge in [-0.05, 0) is 30.5 Å². The van der Waals surface area contributed by atoms with Crippen molar-refractivity contribution in [2.24, 2.45) is 5.11 Å². The molecule has 1 heterocycles. The molecular weight excluding hydrogens is 268 g/mol. The predicted octanol–water partition coefficient (Wildman–Crippen LogP) is 2.95. The molecule has 1 aliphatic heterocycles. The molecule has 1 aromatic rings. The van der Waals surface area contributed by atoms with Crippen LogP contribution in [0.15, 0.2) is 35.4 Å². The van der Waals surface area contributed by atoms with Crippen LogP contribution in [0.4, 0.5) is 0 Å². The van der Waals surface area contributed by atoms with Gasteiger partial charge in [-0.15, -0.1) is 0 Å². The minimum atomic E-state index is -0.170. The second kappa shape index (κ2) is 8.64. The first-order chi connectivity index (χ1) is 10.3. The van der Waals surface area contributed by atoms with Gasteiger partial charge in [-0.1, -0.05) is 35.4 Å². The minimum Gasteiger partial charge on any atom is -0.359 e. The van der Waals surface area contributed by atoms with Crippen molar-refractivity contribution in [3.63, 3.8) is 0 Å². The van der Waals surface area contributed by atoms with Crippen molar-refractivity contribution < 1.29 is 9.47 Å². The summed E-state index contributed by atoms with van der Waals surface area (Å²) in [5, 5.41) is 3.93. The number of methoxy groups -OCH3 is 1. The van der Waals surface area contributed by atoms with Crippen LogP contribution in [-0.4, -0.2) is 44.0 Å². The maximum atomic E-state index is 8.78. The van der Waals surface area contributed by atoms with E-state index in [0.717, 1.165) is 25.9 Å². The Morgan fingerprint density at radius 1 is 1.38 bits per heavy atom.